The molecule has 3 nitrogen and oxygen atoms in total. The van der Waals surface area contributed by atoms with Crippen LogP contribution in [0.4, 0.5) is 0 Å². The van der Waals surface area contributed by atoms with Crippen molar-refractivity contribution in [2.24, 2.45) is 23.0 Å². The van der Waals surface area contributed by atoms with Gasteiger partial charge in [0.1, 0.15) is 0 Å². The van der Waals surface area contributed by atoms with Crippen LogP contribution >= 0.6 is 12.2 Å². The van der Waals surface area contributed by atoms with E-state index in [4.69, 9.17) is 18.0 Å². The minimum absolute atomic E-state index is 0.0864. The monoisotopic (exact) mass is 296 g/mol. The summed E-state index contributed by atoms with van der Waals surface area (Å²) >= 11 is 5.21. The van der Waals surface area contributed by atoms with Gasteiger partial charge in [0.05, 0.1) is 10.4 Å². The van der Waals surface area contributed by atoms with Gasteiger partial charge in [-0.3, -0.25) is 4.79 Å². The maximum absolute atomic E-state index is 12.6. The van der Waals surface area contributed by atoms with Gasteiger partial charge in [-0.15, -0.1) is 0 Å². The molecule has 0 aromatic heterocycles. The number of carbonyl (C=O) groups excluding carboxylic acids is 1. The summed E-state index contributed by atoms with van der Waals surface area (Å²) in [6, 6.07) is 0. The molecule has 114 valence electrons. The van der Waals surface area contributed by atoms with Gasteiger partial charge in [0.25, 0.3) is 0 Å². The number of nitrogens with one attached hydrogen (secondary N) is 1. The summed E-state index contributed by atoms with van der Waals surface area (Å²) in [6.07, 6.45) is 10.0. The van der Waals surface area contributed by atoms with Gasteiger partial charge >= 0.3 is 0 Å². The third-order valence-electron chi connectivity index (χ3n) is 5.30. The normalized spacial score (nSPS) is 29.6. The van der Waals surface area contributed by atoms with Crippen LogP contribution in [0, 0.1) is 17.3 Å². The summed E-state index contributed by atoms with van der Waals surface area (Å²) in [4.78, 5) is 13.0. The number of thiocarbonyl (C=S) groups is 1. The van der Waals surface area contributed by atoms with Gasteiger partial charge in [0, 0.05) is 6.54 Å². The topological polar surface area (TPSA) is 55.1 Å². The predicted molar refractivity (Wildman–Crippen MR) is 86.4 cm³/mol. The fraction of sp³-hybridized carbons (Fsp3) is 0.875. The van der Waals surface area contributed by atoms with Gasteiger partial charge in [0.2, 0.25) is 5.91 Å². The zero-order valence-corrected chi connectivity index (χ0v) is 13.4. The van der Waals surface area contributed by atoms with E-state index in [-0.39, 0.29) is 5.91 Å². The van der Waals surface area contributed by atoms with Crippen molar-refractivity contribution < 1.29 is 4.79 Å². The van der Waals surface area contributed by atoms with Crippen molar-refractivity contribution in [3.8, 4) is 0 Å². The Bertz CT molecular complexity index is 355. The fourth-order valence-electron chi connectivity index (χ4n) is 3.68. The molecule has 2 aliphatic carbocycles. The van der Waals surface area contributed by atoms with Crippen LogP contribution in [0.15, 0.2) is 0 Å². The molecule has 20 heavy (non-hydrogen) atoms. The van der Waals surface area contributed by atoms with Gasteiger partial charge in [-0.05, 0) is 37.5 Å². The summed E-state index contributed by atoms with van der Waals surface area (Å²) in [5, 5.41) is 3.15. The molecule has 2 saturated carbocycles. The van der Waals surface area contributed by atoms with E-state index in [0.29, 0.717) is 10.9 Å². The largest absolute Gasteiger partial charge is 0.392 e. The van der Waals surface area contributed by atoms with Gasteiger partial charge in [-0.2, -0.15) is 0 Å². The van der Waals surface area contributed by atoms with Gasteiger partial charge in [-0.1, -0.05) is 51.2 Å². The molecule has 2 fully saturated rings. The zero-order valence-electron chi connectivity index (χ0n) is 12.6. The average molecular weight is 296 g/mol. The molecular formula is C16H28N2OS. The van der Waals surface area contributed by atoms with Crippen molar-refractivity contribution in [1.29, 1.82) is 0 Å². The van der Waals surface area contributed by atoms with Crippen LogP contribution in [0.5, 0.6) is 0 Å². The third kappa shape index (κ3) is 3.51. The van der Waals surface area contributed by atoms with Crippen molar-refractivity contribution in [1.82, 2.24) is 5.32 Å². The number of amides is 1. The second kappa shape index (κ2) is 6.88. The molecule has 0 bridgehead atoms. The van der Waals surface area contributed by atoms with Crippen LogP contribution in [-0.2, 0) is 4.79 Å². The maximum Gasteiger partial charge on any atom is 0.233 e. The first-order valence-corrected chi connectivity index (χ1v) is 8.53. The maximum atomic E-state index is 12.6. The summed E-state index contributed by atoms with van der Waals surface area (Å²) in [5.41, 5.74) is 5.34. The molecule has 0 unspecified atom stereocenters. The molecule has 0 radical (unpaired) electrons. The summed E-state index contributed by atoms with van der Waals surface area (Å²) in [7, 11) is 0. The highest BCUT2D eigenvalue weighted by atomic mass is 32.1. The average Bonchev–Trinajstić information content (AvgIpc) is 2.47. The second-order valence-electron chi connectivity index (χ2n) is 6.84. The molecule has 1 amide bonds. The molecule has 0 saturated heterocycles. The van der Waals surface area contributed by atoms with Crippen LogP contribution in [0.3, 0.4) is 0 Å². The Kier molecular flexibility index (Phi) is 5.42. The summed E-state index contributed by atoms with van der Waals surface area (Å²) in [6.45, 7) is 3.12. The van der Waals surface area contributed by atoms with Crippen molar-refractivity contribution in [2.75, 3.05) is 6.54 Å². The van der Waals surface area contributed by atoms with Gasteiger partial charge in [0.15, 0.2) is 0 Å². The molecule has 2 aliphatic rings. The number of hydrogen-bond acceptors (Lipinski definition) is 2. The molecule has 0 aliphatic heterocycles. The van der Waals surface area contributed by atoms with E-state index in [9.17, 15) is 4.79 Å². The lowest BCUT2D eigenvalue weighted by atomic mass is 9.73. The van der Waals surface area contributed by atoms with E-state index in [0.717, 1.165) is 38.1 Å². The zero-order chi connectivity index (χ0) is 14.6. The Labute approximate surface area is 128 Å². The molecule has 0 aromatic carbocycles. The fourth-order valence-corrected chi connectivity index (χ4v) is 3.98. The van der Waals surface area contributed by atoms with Crippen LogP contribution in [0.2, 0.25) is 0 Å². The van der Waals surface area contributed by atoms with Crippen LogP contribution in [-0.4, -0.2) is 17.4 Å². The molecular weight excluding hydrogens is 268 g/mol. The Morgan fingerprint density at radius 1 is 1.20 bits per heavy atom. The van der Waals surface area contributed by atoms with Crippen LogP contribution in [0.1, 0.15) is 64.7 Å². The van der Waals surface area contributed by atoms with Crippen molar-refractivity contribution in [3.63, 3.8) is 0 Å². The molecule has 2 rings (SSSR count). The van der Waals surface area contributed by atoms with E-state index in [1.54, 1.807) is 0 Å². The number of carbonyl (C=O) groups is 1. The van der Waals surface area contributed by atoms with E-state index in [1.165, 1.54) is 32.1 Å². The Hall–Kier alpha value is -0.640. The Balaban J connectivity index is 1.87. The molecule has 0 spiro atoms. The highest BCUT2D eigenvalue weighted by Crippen LogP contribution is 2.37. The highest BCUT2D eigenvalue weighted by molar-refractivity contribution is 7.80. The van der Waals surface area contributed by atoms with Gasteiger partial charge < -0.3 is 11.1 Å². The first kappa shape index (κ1) is 15.7. The number of nitrogens with two attached hydrogens (primary N) is 1. The molecule has 0 heterocycles. The molecule has 3 N–H and O–H groups in total. The van der Waals surface area contributed by atoms with Crippen LogP contribution < -0.4 is 11.1 Å². The minimum atomic E-state index is -0.560. The van der Waals surface area contributed by atoms with E-state index >= 15 is 0 Å². The summed E-state index contributed by atoms with van der Waals surface area (Å²) in [5.74, 6) is 1.58. The highest BCUT2D eigenvalue weighted by Gasteiger charge is 2.42. The number of hydrogen-bond donors (Lipinski definition) is 2. The lowest BCUT2D eigenvalue weighted by molar-refractivity contribution is -0.129. The van der Waals surface area contributed by atoms with E-state index in [2.05, 4.69) is 12.2 Å². The van der Waals surface area contributed by atoms with Crippen molar-refractivity contribution in [3.05, 3.63) is 0 Å². The number of rotatable bonds is 4. The minimum Gasteiger partial charge on any atom is -0.392 e. The van der Waals surface area contributed by atoms with Gasteiger partial charge in [-0.25, -0.2) is 0 Å². The Morgan fingerprint density at radius 2 is 1.80 bits per heavy atom. The standard InChI is InChI=1S/C16H28N2OS/c1-12-5-7-13(8-6-12)11-18-15(19)16(14(17)20)9-3-2-4-10-16/h12-13H,2-11H2,1H3,(H2,17,20)(H,18,19). The van der Waals surface area contributed by atoms with E-state index < -0.39 is 5.41 Å². The second-order valence-corrected chi connectivity index (χ2v) is 7.28. The smallest absolute Gasteiger partial charge is 0.233 e. The molecule has 0 atom stereocenters. The Morgan fingerprint density at radius 3 is 2.35 bits per heavy atom. The predicted octanol–water partition coefficient (Wildman–Crippen LogP) is 3.17. The van der Waals surface area contributed by atoms with E-state index in [1.807, 2.05) is 0 Å². The SMILES string of the molecule is CC1CCC(CNC(=O)C2(C(N)=S)CCCCC2)CC1. The summed E-state index contributed by atoms with van der Waals surface area (Å²) < 4.78 is 0. The molecule has 0 aromatic rings. The lowest BCUT2D eigenvalue weighted by Gasteiger charge is -2.35. The van der Waals surface area contributed by atoms with Crippen molar-refractivity contribution in [2.45, 2.75) is 64.7 Å². The first-order valence-electron chi connectivity index (χ1n) is 8.13. The van der Waals surface area contributed by atoms with Crippen molar-refractivity contribution >= 4 is 23.1 Å². The quantitative estimate of drug-likeness (QED) is 0.784. The van der Waals surface area contributed by atoms with Crippen LogP contribution in [0.25, 0.3) is 0 Å². The molecule has 4 heteroatoms. The third-order valence-corrected chi connectivity index (χ3v) is 5.69. The first-order chi connectivity index (χ1) is 9.54. The lowest BCUT2D eigenvalue weighted by Crippen LogP contribution is -2.51.